The lowest BCUT2D eigenvalue weighted by atomic mass is 9.64. The zero-order chi connectivity index (χ0) is 19.7. The molecular weight excluding hydrogens is 372 g/mol. The van der Waals surface area contributed by atoms with Crippen LogP contribution in [0.5, 0.6) is 0 Å². The number of hydrogen-bond acceptors (Lipinski definition) is 3. The van der Waals surface area contributed by atoms with Crippen LogP contribution in [0.1, 0.15) is 36.0 Å². The Morgan fingerprint density at radius 1 is 1.25 bits per heavy atom. The molecule has 0 aromatic heterocycles. The van der Waals surface area contributed by atoms with Crippen molar-refractivity contribution in [3.05, 3.63) is 64.2 Å². The van der Waals surface area contributed by atoms with E-state index in [1.807, 2.05) is 6.07 Å². The fourth-order valence-electron chi connectivity index (χ4n) is 4.31. The van der Waals surface area contributed by atoms with E-state index in [2.05, 4.69) is 53.5 Å². The van der Waals surface area contributed by atoms with E-state index in [9.17, 15) is 4.79 Å². The lowest BCUT2D eigenvalue weighted by Crippen LogP contribution is -2.49. The number of likely N-dealkylation sites (tertiary alicyclic amines) is 1. The average molecular weight is 399 g/mol. The van der Waals surface area contributed by atoms with E-state index in [0.717, 1.165) is 29.4 Å². The van der Waals surface area contributed by atoms with Crippen LogP contribution in [-0.2, 0) is 16.8 Å². The summed E-state index contributed by atoms with van der Waals surface area (Å²) in [5, 5.41) is 13.5. The van der Waals surface area contributed by atoms with Crippen LogP contribution >= 0.6 is 11.6 Å². The Morgan fingerprint density at radius 2 is 2.04 bits per heavy atom. The molecule has 1 saturated carbocycles. The molecule has 0 amide bonds. The topological polar surface area (TPSA) is 52.6 Å². The first-order valence-corrected chi connectivity index (χ1v) is 10.4. The molecule has 5 heteroatoms. The number of nitrogens with zero attached hydrogens (tertiary/aromatic N) is 1. The van der Waals surface area contributed by atoms with Crippen LogP contribution in [0.2, 0.25) is 5.02 Å². The smallest absolute Gasteiger partial charge is 0.309 e. The number of carbonyl (C=O) groups is 1. The van der Waals surface area contributed by atoms with Crippen LogP contribution in [0.4, 0.5) is 5.69 Å². The van der Waals surface area contributed by atoms with Gasteiger partial charge >= 0.3 is 5.97 Å². The molecule has 1 aliphatic carbocycles. The van der Waals surface area contributed by atoms with Crippen molar-refractivity contribution >= 4 is 23.3 Å². The third-order valence-electron chi connectivity index (χ3n) is 6.35. The lowest BCUT2D eigenvalue weighted by molar-refractivity contribution is -0.147. The van der Waals surface area contributed by atoms with E-state index in [1.165, 1.54) is 30.4 Å². The Bertz CT molecular complexity index is 873. The summed E-state index contributed by atoms with van der Waals surface area (Å²) in [6.07, 6.45) is 3.67. The van der Waals surface area contributed by atoms with Crippen molar-refractivity contribution in [2.45, 2.75) is 38.1 Å². The molecule has 2 fully saturated rings. The molecule has 28 heavy (non-hydrogen) atoms. The number of aryl methyl sites for hydroxylation is 1. The van der Waals surface area contributed by atoms with E-state index in [-0.39, 0.29) is 11.3 Å². The zero-order valence-electron chi connectivity index (χ0n) is 16.2. The molecule has 2 aromatic rings. The van der Waals surface area contributed by atoms with Gasteiger partial charge in [0, 0.05) is 42.3 Å². The minimum absolute atomic E-state index is 0.192. The summed E-state index contributed by atoms with van der Waals surface area (Å²) in [6, 6.07) is 14.9. The number of nitrogens with one attached hydrogen (secondary N) is 1. The van der Waals surface area contributed by atoms with Crippen LogP contribution in [0.15, 0.2) is 42.5 Å². The Labute approximate surface area is 171 Å². The number of halogens is 1. The van der Waals surface area contributed by atoms with Gasteiger partial charge in [-0.1, -0.05) is 42.3 Å². The summed E-state index contributed by atoms with van der Waals surface area (Å²) in [5.41, 5.74) is 5.06. The second kappa shape index (κ2) is 7.76. The van der Waals surface area contributed by atoms with E-state index in [1.54, 1.807) is 0 Å². The molecule has 2 aromatic carbocycles. The fraction of sp³-hybridized carbons (Fsp3) is 0.435. The largest absolute Gasteiger partial charge is 0.481 e. The third-order valence-corrected chi connectivity index (χ3v) is 6.78. The van der Waals surface area contributed by atoms with Crippen molar-refractivity contribution < 1.29 is 9.90 Å². The molecule has 2 aliphatic rings. The van der Waals surface area contributed by atoms with Gasteiger partial charge in [-0.05, 0) is 54.7 Å². The van der Waals surface area contributed by atoms with Crippen molar-refractivity contribution in [1.29, 1.82) is 0 Å². The number of carboxylic acids is 1. The predicted octanol–water partition coefficient (Wildman–Crippen LogP) is 4.70. The Balaban J connectivity index is 1.39. The molecule has 4 rings (SSSR count). The van der Waals surface area contributed by atoms with E-state index in [0.29, 0.717) is 13.1 Å². The highest BCUT2D eigenvalue weighted by atomic mass is 35.5. The SMILES string of the molecule is Cc1cc(C2(CNc3cccc(CN4CC(C(=O)O)C4)c3)CCC2)ccc1Cl. The molecule has 148 valence electrons. The first-order chi connectivity index (χ1) is 13.4. The van der Waals surface area contributed by atoms with Crippen LogP contribution in [-0.4, -0.2) is 35.6 Å². The average Bonchev–Trinajstić information content (AvgIpc) is 2.60. The molecule has 0 bridgehead atoms. The van der Waals surface area contributed by atoms with Gasteiger partial charge in [-0.25, -0.2) is 0 Å². The summed E-state index contributed by atoms with van der Waals surface area (Å²) < 4.78 is 0. The third kappa shape index (κ3) is 3.89. The summed E-state index contributed by atoms with van der Waals surface area (Å²) in [6.45, 7) is 5.08. The van der Waals surface area contributed by atoms with Crippen LogP contribution < -0.4 is 5.32 Å². The molecule has 4 nitrogen and oxygen atoms in total. The van der Waals surface area contributed by atoms with E-state index < -0.39 is 5.97 Å². The molecule has 2 N–H and O–H groups in total. The van der Waals surface area contributed by atoms with Crippen molar-refractivity contribution in [3.63, 3.8) is 0 Å². The summed E-state index contributed by atoms with van der Waals surface area (Å²) in [4.78, 5) is 13.1. The maximum Gasteiger partial charge on any atom is 0.309 e. The first-order valence-electron chi connectivity index (χ1n) is 10.00. The molecular formula is C23H27ClN2O2. The van der Waals surface area contributed by atoms with Crippen molar-refractivity contribution in [2.24, 2.45) is 5.92 Å². The molecule has 0 atom stereocenters. The Morgan fingerprint density at radius 3 is 2.68 bits per heavy atom. The number of benzene rings is 2. The van der Waals surface area contributed by atoms with Gasteiger partial charge in [0.1, 0.15) is 0 Å². The fourth-order valence-corrected chi connectivity index (χ4v) is 4.43. The number of anilines is 1. The second-order valence-corrected chi connectivity index (χ2v) is 8.79. The van der Waals surface area contributed by atoms with Gasteiger partial charge in [-0.2, -0.15) is 0 Å². The Hall–Kier alpha value is -2.04. The molecule has 1 saturated heterocycles. The normalized spacial score (nSPS) is 18.9. The van der Waals surface area contributed by atoms with Gasteiger partial charge in [0.25, 0.3) is 0 Å². The van der Waals surface area contributed by atoms with Crippen molar-refractivity contribution in [1.82, 2.24) is 4.90 Å². The van der Waals surface area contributed by atoms with Crippen molar-refractivity contribution in [3.8, 4) is 0 Å². The molecule has 0 unspecified atom stereocenters. The monoisotopic (exact) mass is 398 g/mol. The van der Waals surface area contributed by atoms with Crippen LogP contribution in [0.25, 0.3) is 0 Å². The van der Waals surface area contributed by atoms with Gasteiger partial charge in [-0.3, -0.25) is 9.69 Å². The highest BCUT2D eigenvalue weighted by Gasteiger charge is 2.38. The summed E-state index contributed by atoms with van der Waals surface area (Å²) in [7, 11) is 0. The number of carboxylic acid groups (broad SMARTS) is 1. The number of hydrogen-bond donors (Lipinski definition) is 2. The molecule has 0 spiro atoms. The van der Waals surface area contributed by atoms with Gasteiger partial charge in [0.2, 0.25) is 0 Å². The van der Waals surface area contributed by atoms with Gasteiger partial charge in [0.05, 0.1) is 5.92 Å². The summed E-state index contributed by atoms with van der Waals surface area (Å²) >= 11 is 6.21. The van der Waals surface area contributed by atoms with Crippen LogP contribution in [0.3, 0.4) is 0 Å². The maximum absolute atomic E-state index is 11.0. The highest BCUT2D eigenvalue weighted by Crippen LogP contribution is 2.44. The van der Waals surface area contributed by atoms with Gasteiger partial charge in [0.15, 0.2) is 0 Å². The molecule has 1 heterocycles. The van der Waals surface area contributed by atoms with Gasteiger partial charge in [-0.15, -0.1) is 0 Å². The second-order valence-electron chi connectivity index (χ2n) is 8.38. The minimum Gasteiger partial charge on any atom is -0.481 e. The van der Waals surface area contributed by atoms with Gasteiger partial charge < -0.3 is 10.4 Å². The number of rotatable bonds is 7. The predicted molar refractivity (Wildman–Crippen MR) is 113 cm³/mol. The van der Waals surface area contributed by atoms with Crippen LogP contribution in [0, 0.1) is 12.8 Å². The van der Waals surface area contributed by atoms with Crippen molar-refractivity contribution in [2.75, 3.05) is 25.0 Å². The first kappa shape index (κ1) is 19.3. The Kier molecular flexibility index (Phi) is 5.35. The molecule has 1 aliphatic heterocycles. The highest BCUT2D eigenvalue weighted by molar-refractivity contribution is 6.31. The standard InChI is InChI=1S/C23H27ClN2O2/c1-16-10-19(6-7-21(16)24)23(8-3-9-23)15-25-20-5-2-4-17(11-20)12-26-13-18(14-26)22(27)28/h2,4-7,10-11,18,25H,3,8-9,12-15H2,1H3,(H,27,28). The van der Waals surface area contributed by atoms with E-state index in [4.69, 9.17) is 16.7 Å². The zero-order valence-corrected chi connectivity index (χ0v) is 17.0. The van der Waals surface area contributed by atoms with E-state index >= 15 is 0 Å². The molecule has 0 radical (unpaired) electrons. The summed E-state index contributed by atoms with van der Waals surface area (Å²) in [5.74, 6) is -0.891. The minimum atomic E-state index is -0.685. The quantitative estimate of drug-likeness (QED) is 0.709. The number of aliphatic carboxylic acids is 1. The lowest BCUT2D eigenvalue weighted by Gasteiger charge is -2.43. The maximum atomic E-state index is 11.0.